The van der Waals surface area contributed by atoms with Crippen molar-refractivity contribution in [1.82, 2.24) is 0 Å². The summed E-state index contributed by atoms with van der Waals surface area (Å²) in [5.74, 6) is 0. The lowest BCUT2D eigenvalue weighted by molar-refractivity contribution is 0.161. The Balaban J connectivity index is 2.41. The number of hydrogen-bond donors (Lipinski definition) is 0. The van der Waals surface area contributed by atoms with Crippen LogP contribution in [0.3, 0.4) is 0 Å². The summed E-state index contributed by atoms with van der Waals surface area (Å²) in [6.07, 6.45) is 8.66. The third-order valence-electron chi connectivity index (χ3n) is 1.50. The fourth-order valence-corrected chi connectivity index (χ4v) is 0.915. The highest BCUT2D eigenvalue weighted by molar-refractivity contribution is 5.08. The minimum atomic E-state index is 0.217. The van der Waals surface area contributed by atoms with Crippen molar-refractivity contribution in [1.29, 1.82) is 0 Å². The van der Waals surface area contributed by atoms with E-state index in [-0.39, 0.29) is 11.5 Å². The van der Waals surface area contributed by atoms with Gasteiger partial charge in [0.1, 0.15) is 0 Å². The Morgan fingerprint density at radius 2 is 2.18 bits per heavy atom. The van der Waals surface area contributed by atoms with Gasteiger partial charge in [-0.1, -0.05) is 45.1 Å². The molecule has 1 aliphatic heterocycles. The van der Waals surface area contributed by atoms with Crippen LogP contribution in [0.1, 0.15) is 20.8 Å². The summed E-state index contributed by atoms with van der Waals surface area (Å²) < 4.78 is 5.35. The van der Waals surface area contributed by atoms with Crippen LogP contribution in [0.2, 0.25) is 0 Å². The first kappa shape index (κ1) is 8.54. The van der Waals surface area contributed by atoms with Crippen LogP contribution in [0.5, 0.6) is 0 Å². The molecular formula is C10H16O. The van der Waals surface area contributed by atoms with E-state index in [1.54, 1.807) is 0 Å². The average Bonchev–Trinajstić information content (AvgIpc) is 2.32. The zero-order chi connectivity index (χ0) is 8.32. The van der Waals surface area contributed by atoms with Gasteiger partial charge in [0.05, 0.1) is 12.7 Å². The quantitative estimate of drug-likeness (QED) is 0.525. The lowest BCUT2D eigenvalue weighted by Gasteiger charge is -2.12. The second-order valence-electron chi connectivity index (χ2n) is 3.95. The van der Waals surface area contributed by atoms with Crippen LogP contribution in [0.4, 0.5) is 0 Å². The van der Waals surface area contributed by atoms with E-state index in [1.165, 1.54) is 0 Å². The fourth-order valence-electron chi connectivity index (χ4n) is 0.915. The van der Waals surface area contributed by atoms with Gasteiger partial charge in [-0.05, 0) is 5.41 Å². The molecule has 0 spiro atoms. The summed E-state index contributed by atoms with van der Waals surface area (Å²) in [6, 6.07) is 0. The maximum absolute atomic E-state index is 5.35. The second-order valence-corrected chi connectivity index (χ2v) is 3.95. The Morgan fingerprint density at radius 3 is 2.64 bits per heavy atom. The summed E-state index contributed by atoms with van der Waals surface area (Å²) in [5.41, 5.74) is 0.264. The van der Waals surface area contributed by atoms with Crippen LogP contribution in [0.25, 0.3) is 0 Å². The zero-order valence-electron chi connectivity index (χ0n) is 7.50. The molecule has 1 heterocycles. The lowest BCUT2D eigenvalue weighted by atomic mass is 9.96. The molecule has 1 aliphatic rings. The van der Waals surface area contributed by atoms with E-state index in [1.807, 2.05) is 0 Å². The van der Waals surface area contributed by atoms with Gasteiger partial charge in [-0.15, -0.1) is 0 Å². The molecule has 0 saturated carbocycles. The second kappa shape index (κ2) is 3.22. The van der Waals surface area contributed by atoms with E-state index >= 15 is 0 Å². The smallest absolute Gasteiger partial charge is 0.0942 e. The fraction of sp³-hybridized carbons (Fsp3) is 0.600. The molecule has 0 saturated heterocycles. The minimum absolute atomic E-state index is 0.217. The molecule has 1 nitrogen and oxygen atoms in total. The molecule has 11 heavy (non-hydrogen) atoms. The highest BCUT2D eigenvalue weighted by atomic mass is 16.5. The maximum Gasteiger partial charge on any atom is 0.0942 e. The molecule has 1 rings (SSSR count). The molecule has 0 aliphatic carbocycles. The zero-order valence-corrected chi connectivity index (χ0v) is 7.50. The Bertz CT molecular complexity index is 172. The molecule has 62 valence electrons. The normalized spacial score (nSPS) is 25.2. The van der Waals surface area contributed by atoms with E-state index < -0.39 is 0 Å². The summed E-state index contributed by atoms with van der Waals surface area (Å²) in [5, 5.41) is 0. The van der Waals surface area contributed by atoms with E-state index in [0.29, 0.717) is 0 Å². The van der Waals surface area contributed by atoms with Crippen LogP contribution >= 0.6 is 0 Å². The number of rotatable bonds is 1. The highest BCUT2D eigenvalue weighted by Crippen LogP contribution is 2.16. The topological polar surface area (TPSA) is 9.23 Å². The van der Waals surface area contributed by atoms with Crippen LogP contribution in [0, 0.1) is 5.41 Å². The van der Waals surface area contributed by atoms with Crippen molar-refractivity contribution in [3.8, 4) is 0 Å². The third kappa shape index (κ3) is 3.38. The van der Waals surface area contributed by atoms with Gasteiger partial charge in [0, 0.05) is 0 Å². The summed E-state index contributed by atoms with van der Waals surface area (Å²) in [4.78, 5) is 0. The number of hydrogen-bond acceptors (Lipinski definition) is 1. The Morgan fingerprint density at radius 1 is 1.45 bits per heavy atom. The molecule has 1 unspecified atom stereocenters. The largest absolute Gasteiger partial charge is 0.366 e. The van der Waals surface area contributed by atoms with Crippen molar-refractivity contribution < 1.29 is 4.74 Å². The number of allylic oxidation sites excluding steroid dienone is 1. The first-order valence-electron chi connectivity index (χ1n) is 4.05. The lowest BCUT2D eigenvalue weighted by Crippen LogP contribution is -2.04. The Hall–Kier alpha value is -0.560. The predicted molar refractivity (Wildman–Crippen MR) is 47.5 cm³/mol. The summed E-state index contributed by atoms with van der Waals surface area (Å²) in [7, 11) is 0. The van der Waals surface area contributed by atoms with Crippen LogP contribution in [-0.2, 0) is 4.74 Å². The van der Waals surface area contributed by atoms with Crippen LogP contribution < -0.4 is 0 Å². The maximum atomic E-state index is 5.35. The molecule has 0 bridgehead atoms. The Kier molecular flexibility index (Phi) is 2.50. The monoisotopic (exact) mass is 152 g/mol. The molecule has 0 N–H and O–H groups in total. The first-order chi connectivity index (χ1) is 5.08. The molecule has 0 aromatic carbocycles. The molecule has 0 aromatic heterocycles. The third-order valence-corrected chi connectivity index (χ3v) is 1.50. The van der Waals surface area contributed by atoms with E-state index in [0.717, 1.165) is 6.61 Å². The van der Waals surface area contributed by atoms with Crippen molar-refractivity contribution in [2.24, 2.45) is 5.41 Å². The van der Waals surface area contributed by atoms with E-state index in [9.17, 15) is 0 Å². The van der Waals surface area contributed by atoms with Crippen molar-refractivity contribution in [2.45, 2.75) is 26.9 Å². The van der Waals surface area contributed by atoms with E-state index in [2.05, 4.69) is 45.1 Å². The molecule has 0 fully saturated rings. The molecule has 1 heteroatoms. The van der Waals surface area contributed by atoms with Crippen molar-refractivity contribution in [3.63, 3.8) is 0 Å². The average molecular weight is 152 g/mol. The van der Waals surface area contributed by atoms with Crippen molar-refractivity contribution in [2.75, 3.05) is 6.61 Å². The van der Waals surface area contributed by atoms with Crippen molar-refractivity contribution >= 4 is 0 Å². The summed E-state index contributed by atoms with van der Waals surface area (Å²) >= 11 is 0. The molecule has 0 amide bonds. The number of ether oxygens (including phenoxy) is 1. The van der Waals surface area contributed by atoms with Gasteiger partial charge >= 0.3 is 0 Å². The summed E-state index contributed by atoms with van der Waals surface area (Å²) in [6.45, 7) is 7.31. The van der Waals surface area contributed by atoms with Gasteiger partial charge in [-0.3, -0.25) is 0 Å². The van der Waals surface area contributed by atoms with Gasteiger partial charge < -0.3 is 4.74 Å². The van der Waals surface area contributed by atoms with Gasteiger partial charge in [-0.25, -0.2) is 0 Å². The highest BCUT2D eigenvalue weighted by Gasteiger charge is 2.08. The van der Waals surface area contributed by atoms with Gasteiger partial charge in [-0.2, -0.15) is 0 Å². The van der Waals surface area contributed by atoms with Crippen LogP contribution in [0.15, 0.2) is 24.3 Å². The molecule has 0 aromatic rings. The van der Waals surface area contributed by atoms with Gasteiger partial charge in [0.15, 0.2) is 0 Å². The minimum Gasteiger partial charge on any atom is -0.366 e. The van der Waals surface area contributed by atoms with Gasteiger partial charge in [0.25, 0.3) is 0 Å². The van der Waals surface area contributed by atoms with E-state index in [4.69, 9.17) is 4.74 Å². The van der Waals surface area contributed by atoms with Crippen LogP contribution in [-0.4, -0.2) is 12.7 Å². The molecular weight excluding hydrogens is 136 g/mol. The van der Waals surface area contributed by atoms with Crippen molar-refractivity contribution in [3.05, 3.63) is 24.3 Å². The molecule has 0 radical (unpaired) electrons. The molecule has 1 atom stereocenters. The standard InChI is InChI=1S/C10H16O/c1-10(2,3)7-6-9-5-4-8-11-9/h4-7,9H,8H2,1-3H3/b7-6+. The SMILES string of the molecule is CC(C)(C)/C=C/C1C=CCO1. The first-order valence-corrected chi connectivity index (χ1v) is 4.05. The Labute approximate surface area is 68.8 Å². The van der Waals surface area contributed by atoms with Gasteiger partial charge in [0.2, 0.25) is 0 Å². The predicted octanol–water partition coefficient (Wildman–Crippen LogP) is 2.54.